The number of aromatic nitrogens is 2. The number of fused-ring (bicyclic) bond motifs is 6. The average molecular weight is 793 g/mol. The van der Waals surface area contributed by atoms with Crippen molar-refractivity contribution in [3.63, 3.8) is 0 Å². The number of nitrogens with zero attached hydrogens (tertiary/aromatic N) is 4. The fourth-order valence-corrected chi connectivity index (χ4v) is 8.94. The molecule has 4 aromatic rings. The number of hydrazine groups is 1. The number of carbonyl (C=O) groups excluding carboxylic acids is 4. The molecule has 308 valence electrons. The van der Waals surface area contributed by atoms with E-state index >= 15 is 0 Å². The lowest BCUT2D eigenvalue weighted by atomic mass is 9.84. The summed E-state index contributed by atoms with van der Waals surface area (Å²) in [5.41, 5.74) is 9.77. The second-order valence-corrected chi connectivity index (χ2v) is 17.0. The number of nitrogens with one attached hydrogen (secondary N) is 2. The van der Waals surface area contributed by atoms with Crippen molar-refractivity contribution in [2.75, 3.05) is 26.8 Å². The van der Waals surface area contributed by atoms with Crippen LogP contribution in [0, 0.1) is 11.3 Å². The quantitative estimate of drug-likeness (QED) is 0.195. The summed E-state index contributed by atoms with van der Waals surface area (Å²) in [6, 6.07) is 13.0. The minimum Gasteiger partial charge on any atom is -0.508 e. The first-order chi connectivity index (χ1) is 27.8. The number of methoxy groups -OCH3 is 1. The molecule has 3 aliphatic rings. The van der Waals surface area contributed by atoms with Gasteiger partial charge < -0.3 is 29.4 Å². The Hall–Kier alpha value is -5.27. The van der Waals surface area contributed by atoms with Gasteiger partial charge in [-0.2, -0.15) is 0 Å². The third-order valence-corrected chi connectivity index (χ3v) is 11.6. The highest BCUT2D eigenvalue weighted by molar-refractivity contribution is 5.96. The number of benzene rings is 2. The van der Waals surface area contributed by atoms with Gasteiger partial charge in [0.25, 0.3) is 5.91 Å². The van der Waals surface area contributed by atoms with Crippen molar-refractivity contribution in [3.8, 4) is 28.1 Å². The van der Waals surface area contributed by atoms with E-state index in [1.165, 1.54) is 5.01 Å². The minimum absolute atomic E-state index is 0.0221. The Morgan fingerprint density at radius 1 is 1.09 bits per heavy atom. The lowest BCUT2D eigenvalue weighted by Crippen LogP contribution is -2.62. The van der Waals surface area contributed by atoms with Gasteiger partial charge in [-0.25, -0.2) is 5.43 Å². The molecule has 5 heterocycles. The zero-order valence-corrected chi connectivity index (χ0v) is 34.5. The maximum atomic E-state index is 14.5. The Balaban J connectivity index is 1.36. The Bertz CT molecular complexity index is 2210. The van der Waals surface area contributed by atoms with E-state index in [0.29, 0.717) is 63.9 Å². The van der Waals surface area contributed by atoms with E-state index < -0.39 is 41.3 Å². The molecule has 2 aromatic heterocycles. The van der Waals surface area contributed by atoms with Crippen LogP contribution in [0.15, 0.2) is 54.7 Å². The van der Waals surface area contributed by atoms with Crippen LogP contribution in [0.1, 0.15) is 77.1 Å². The van der Waals surface area contributed by atoms with E-state index in [1.54, 1.807) is 30.3 Å². The number of hydrogen-bond donors (Lipinski definition) is 3. The summed E-state index contributed by atoms with van der Waals surface area (Å²) in [5.74, 6) is -1.55. The van der Waals surface area contributed by atoms with Crippen LogP contribution in [0.3, 0.4) is 0 Å². The van der Waals surface area contributed by atoms with Gasteiger partial charge in [-0.1, -0.05) is 39.8 Å². The highest BCUT2D eigenvalue weighted by Gasteiger charge is 2.39. The number of rotatable bonds is 8. The fourth-order valence-electron chi connectivity index (χ4n) is 8.94. The molecule has 2 aromatic carbocycles. The molecule has 58 heavy (non-hydrogen) atoms. The molecule has 3 N–H and O–H groups in total. The number of esters is 1. The van der Waals surface area contributed by atoms with Crippen molar-refractivity contribution in [2.45, 2.75) is 104 Å². The number of amides is 3. The summed E-state index contributed by atoms with van der Waals surface area (Å²) >= 11 is 0. The molecular weight excluding hydrogens is 737 g/mol. The van der Waals surface area contributed by atoms with Gasteiger partial charge in [0.15, 0.2) is 0 Å². The molecule has 0 aliphatic carbocycles. The number of aromatic hydroxyl groups is 1. The second-order valence-electron chi connectivity index (χ2n) is 17.0. The van der Waals surface area contributed by atoms with Crippen LogP contribution < -0.4 is 10.7 Å². The number of hydrogen-bond acceptors (Lipinski definition) is 9. The molecule has 3 atom stereocenters. The minimum atomic E-state index is -1.07. The maximum absolute atomic E-state index is 14.5. The van der Waals surface area contributed by atoms with E-state index in [-0.39, 0.29) is 30.6 Å². The van der Waals surface area contributed by atoms with Gasteiger partial charge in [-0.15, -0.1) is 0 Å². The third kappa shape index (κ3) is 8.33. The molecule has 13 heteroatoms. The SMILES string of the molecule is CCn1c(-c2cccnc2COC)c2c3cc(ccc31)-c1cc(O)cc(c1)C[C@H](NC(=O)[C@H](C(C)C)N1CCCC1=O)C(=O)N1CCC[C@H](N1)C(=O)OCC(C)(C)C2. The van der Waals surface area contributed by atoms with Crippen LogP contribution in [0.2, 0.25) is 0 Å². The van der Waals surface area contributed by atoms with E-state index in [2.05, 4.69) is 54.3 Å². The zero-order valence-electron chi connectivity index (χ0n) is 34.5. The predicted octanol–water partition coefficient (Wildman–Crippen LogP) is 5.54. The Morgan fingerprint density at radius 3 is 2.62 bits per heavy atom. The van der Waals surface area contributed by atoms with Gasteiger partial charge in [-0.3, -0.25) is 29.2 Å². The molecular formula is C45H56N6O7. The first-order valence-electron chi connectivity index (χ1n) is 20.5. The normalized spacial score (nSPS) is 20.6. The molecule has 13 nitrogen and oxygen atoms in total. The molecule has 3 aliphatic heterocycles. The summed E-state index contributed by atoms with van der Waals surface area (Å²) in [6.07, 6.45) is 4.47. The predicted molar refractivity (Wildman–Crippen MR) is 220 cm³/mol. The Morgan fingerprint density at radius 2 is 1.90 bits per heavy atom. The summed E-state index contributed by atoms with van der Waals surface area (Å²) in [6.45, 7) is 12.0. The number of pyridine rings is 1. The van der Waals surface area contributed by atoms with Crippen molar-refractivity contribution in [2.24, 2.45) is 11.3 Å². The molecule has 3 amide bonds. The summed E-state index contributed by atoms with van der Waals surface area (Å²) < 4.78 is 13.9. The summed E-state index contributed by atoms with van der Waals surface area (Å²) in [7, 11) is 1.66. The molecule has 2 saturated heterocycles. The smallest absolute Gasteiger partial charge is 0.324 e. The highest BCUT2D eigenvalue weighted by atomic mass is 16.5. The third-order valence-electron chi connectivity index (χ3n) is 11.6. The van der Waals surface area contributed by atoms with Gasteiger partial charge in [0.2, 0.25) is 11.8 Å². The monoisotopic (exact) mass is 792 g/mol. The molecule has 7 rings (SSSR count). The molecule has 2 fully saturated rings. The van der Waals surface area contributed by atoms with Crippen LogP contribution in [0.4, 0.5) is 0 Å². The lowest BCUT2D eigenvalue weighted by molar-refractivity contribution is -0.155. The van der Waals surface area contributed by atoms with Gasteiger partial charge in [0, 0.05) is 67.7 Å². The fraction of sp³-hybridized carbons (Fsp3) is 0.489. The largest absolute Gasteiger partial charge is 0.508 e. The van der Waals surface area contributed by atoms with Crippen molar-refractivity contribution in [1.82, 2.24) is 30.2 Å². The highest BCUT2D eigenvalue weighted by Crippen LogP contribution is 2.41. The zero-order chi connectivity index (χ0) is 41.3. The standard InChI is InChI=1S/C45H56N6O7/c1-7-49-38-15-14-29-23-33(38)34(41(49)32-11-8-16-46-37(32)25-57-6)24-45(4,5)26-58-44(56)35-12-9-18-51(48-35)43(55)36(21-28-19-30(29)22-31(52)20-28)47-42(54)40(27(2)3)50-17-10-13-39(50)53/h8,11,14-16,19-20,22-23,27,35-36,40,48,52H,7,9-10,12-13,17-18,21,24-26H2,1-6H3,(H,47,54)/t35-,36-,40-/m0/s1. The van der Waals surface area contributed by atoms with Crippen molar-refractivity contribution in [3.05, 3.63) is 71.5 Å². The van der Waals surface area contributed by atoms with Crippen molar-refractivity contribution < 1.29 is 33.8 Å². The van der Waals surface area contributed by atoms with Crippen LogP contribution >= 0.6 is 0 Å². The number of likely N-dealkylation sites (tertiary alicyclic amines) is 1. The number of ether oxygens (including phenoxy) is 2. The van der Waals surface area contributed by atoms with Gasteiger partial charge >= 0.3 is 5.97 Å². The van der Waals surface area contributed by atoms with Crippen LogP contribution in [0.5, 0.6) is 5.75 Å². The Kier molecular flexibility index (Phi) is 11.9. The average Bonchev–Trinajstić information content (AvgIpc) is 3.75. The molecule has 0 spiro atoms. The van der Waals surface area contributed by atoms with Crippen molar-refractivity contribution in [1.29, 1.82) is 0 Å². The first kappa shape index (κ1) is 40.9. The van der Waals surface area contributed by atoms with Gasteiger partial charge in [0.1, 0.15) is 23.9 Å². The number of cyclic esters (lactones) is 1. The van der Waals surface area contributed by atoms with E-state index in [4.69, 9.17) is 14.5 Å². The number of aryl methyl sites for hydroxylation is 1. The molecule has 0 radical (unpaired) electrons. The van der Waals surface area contributed by atoms with Gasteiger partial charge in [-0.05, 0) is 97.2 Å². The van der Waals surface area contributed by atoms with E-state index in [0.717, 1.165) is 44.5 Å². The number of phenols is 1. The van der Waals surface area contributed by atoms with Crippen LogP contribution in [-0.2, 0) is 54.6 Å². The van der Waals surface area contributed by atoms with Crippen LogP contribution in [0.25, 0.3) is 33.3 Å². The molecule has 0 unspecified atom stereocenters. The second kappa shape index (κ2) is 16.9. The van der Waals surface area contributed by atoms with E-state index in [9.17, 15) is 24.3 Å². The molecule has 0 saturated carbocycles. The lowest BCUT2D eigenvalue weighted by Gasteiger charge is -2.36. The van der Waals surface area contributed by atoms with E-state index in [1.807, 2.05) is 32.0 Å². The summed E-state index contributed by atoms with van der Waals surface area (Å²) in [4.78, 5) is 61.5. The summed E-state index contributed by atoms with van der Waals surface area (Å²) in [5, 5.41) is 16.6. The Labute approximate surface area is 340 Å². The first-order valence-corrected chi connectivity index (χ1v) is 20.5. The maximum Gasteiger partial charge on any atom is 0.324 e. The number of carbonyl (C=O) groups is 4. The van der Waals surface area contributed by atoms with Crippen molar-refractivity contribution >= 4 is 34.6 Å². The topological polar surface area (TPSA) is 155 Å². The van der Waals surface area contributed by atoms with Gasteiger partial charge in [0.05, 0.1) is 24.6 Å². The number of phenolic OH excluding ortho intramolecular Hbond substituents is 1. The molecule has 6 bridgehead atoms. The van der Waals surface area contributed by atoms with Crippen LogP contribution in [-0.4, -0.2) is 93.2 Å².